The molecule has 0 aliphatic rings. The second-order valence-electron chi connectivity index (χ2n) is 6.53. The van der Waals surface area contributed by atoms with Crippen molar-refractivity contribution in [3.05, 3.63) is 78.1 Å². The molecule has 2 amide bonds. The molecule has 2 N–H and O–H groups in total. The summed E-state index contributed by atoms with van der Waals surface area (Å²) in [6, 6.07) is 19.2. The van der Waals surface area contributed by atoms with Gasteiger partial charge in [-0.15, -0.1) is 11.3 Å². The minimum absolute atomic E-state index is 0.122. The second kappa shape index (κ2) is 9.06. The molecule has 0 aliphatic carbocycles. The Morgan fingerprint density at radius 2 is 1.77 bits per heavy atom. The molecule has 2 heterocycles. The number of amides is 2. The molecule has 2 aromatic carbocycles. The van der Waals surface area contributed by atoms with Gasteiger partial charge in [0, 0.05) is 15.8 Å². The lowest BCUT2D eigenvalue weighted by molar-refractivity contribution is -0.119. The Balaban J connectivity index is 1.38. The maximum absolute atomic E-state index is 12.2. The predicted molar refractivity (Wildman–Crippen MR) is 120 cm³/mol. The van der Waals surface area contributed by atoms with Crippen LogP contribution < -0.4 is 10.9 Å². The van der Waals surface area contributed by atoms with Crippen LogP contribution in [0.4, 0.5) is 0 Å². The van der Waals surface area contributed by atoms with E-state index in [1.165, 1.54) is 18.1 Å². The molecule has 0 fully saturated rings. The molecule has 0 aliphatic heterocycles. The van der Waals surface area contributed by atoms with Crippen molar-refractivity contribution < 1.29 is 9.59 Å². The van der Waals surface area contributed by atoms with Crippen molar-refractivity contribution >= 4 is 45.1 Å². The normalized spacial score (nSPS) is 10.7. The first-order chi connectivity index (χ1) is 14.6. The number of carbonyl (C=O) groups excluding carboxylic acids is 2. The highest BCUT2D eigenvalue weighted by Crippen LogP contribution is 2.35. The van der Waals surface area contributed by atoms with Gasteiger partial charge in [0.25, 0.3) is 5.91 Å². The number of rotatable bonds is 5. The number of thiophene rings is 1. The number of aryl methyl sites for hydroxylation is 1. The van der Waals surface area contributed by atoms with Crippen LogP contribution >= 0.6 is 23.1 Å². The van der Waals surface area contributed by atoms with Crippen molar-refractivity contribution in [1.82, 2.24) is 20.8 Å². The smallest absolute Gasteiger partial charge is 0.269 e. The van der Waals surface area contributed by atoms with E-state index in [0.29, 0.717) is 5.56 Å². The second-order valence-corrected chi connectivity index (χ2v) is 8.53. The Hall–Kier alpha value is -3.23. The van der Waals surface area contributed by atoms with Crippen molar-refractivity contribution in [2.45, 2.75) is 11.9 Å². The number of nitrogens with one attached hydrogen (secondary N) is 2. The fraction of sp³-hybridized carbons (Fsp3) is 0.0909. The Bertz CT molecular complexity index is 1190. The molecule has 0 atom stereocenters. The molecular formula is C22H18N4O2S2. The van der Waals surface area contributed by atoms with Crippen LogP contribution in [0.2, 0.25) is 0 Å². The quantitative estimate of drug-likeness (QED) is 0.279. The number of fused-ring (bicyclic) bond motifs is 1. The maximum Gasteiger partial charge on any atom is 0.269 e. The first-order valence-corrected chi connectivity index (χ1v) is 11.0. The van der Waals surface area contributed by atoms with E-state index in [-0.39, 0.29) is 17.6 Å². The predicted octanol–water partition coefficient (Wildman–Crippen LogP) is 4.22. The summed E-state index contributed by atoms with van der Waals surface area (Å²) in [5.41, 5.74) is 7.54. The van der Waals surface area contributed by atoms with Crippen molar-refractivity contribution in [3.8, 4) is 10.4 Å². The molecule has 6 nitrogen and oxygen atoms in total. The van der Waals surface area contributed by atoms with Crippen molar-refractivity contribution in [3.63, 3.8) is 0 Å². The molecule has 0 radical (unpaired) electrons. The third-order valence-corrected chi connectivity index (χ3v) is 6.42. The van der Waals surface area contributed by atoms with E-state index < -0.39 is 0 Å². The Morgan fingerprint density at radius 3 is 2.53 bits per heavy atom. The average Bonchev–Trinajstić information content (AvgIpc) is 3.22. The minimum Gasteiger partial charge on any atom is -0.272 e. The lowest BCUT2D eigenvalue weighted by Gasteiger charge is -2.07. The fourth-order valence-corrected chi connectivity index (χ4v) is 4.61. The standard InChI is InChI=1S/C22H18N4O2S2/c1-14-7-9-16(10-8-14)20(28)26-25-19(27)12-29-21-17-11-18(15-5-3-2-4-6-15)30-22(17)24-13-23-21/h2-11,13H,12H2,1H3,(H,25,27)(H,26,28). The van der Waals surface area contributed by atoms with Gasteiger partial charge in [0.1, 0.15) is 16.2 Å². The number of nitrogens with zero attached hydrogens (tertiary/aromatic N) is 2. The van der Waals surface area contributed by atoms with Crippen LogP contribution in [0.1, 0.15) is 15.9 Å². The van der Waals surface area contributed by atoms with Gasteiger partial charge in [-0.25, -0.2) is 9.97 Å². The first-order valence-electron chi connectivity index (χ1n) is 9.19. The topological polar surface area (TPSA) is 84.0 Å². The zero-order valence-electron chi connectivity index (χ0n) is 16.1. The zero-order valence-corrected chi connectivity index (χ0v) is 17.7. The summed E-state index contributed by atoms with van der Waals surface area (Å²) in [7, 11) is 0. The summed E-state index contributed by atoms with van der Waals surface area (Å²) in [5.74, 6) is -0.551. The van der Waals surface area contributed by atoms with Crippen LogP contribution in [-0.2, 0) is 4.79 Å². The van der Waals surface area contributed by atoms with Crippen LogP contribution in [0.15, 0.2) is 72.0 Å². The van der Waals surface area contributed by atoms with Gasteiger partial charge < -0.3 is 0 Å². The van der Waals surface area contributed by atoms with E-state index in [1.54, 1.807) is 23.5 Å². The van der Waals surface area contributed by atoms with Gasteiger partial charge in [0.2, 0.25) is 5.91 Å². The number of hydrazine groups is 1. The SMILES string of the molecule is Cc1ccc(C(=O)NNC(=O)CSc2ncnc3sc(-c4ccccc4)cc23)cc1. The molecule has 0 bridgehead atoms. The number of benzene rings is 2. The van der Waals surface area contributed by atoms with Gasteiger partial charge in [-0.05, 0) is 30.7 Å². The summed E-state index contributed by atoms with van der Waals surface area (Å²) < 4.78 is 0. The van der Waals surface area contributed by atoms with Crippen LogP contribution in [0.3, 0.4) is 0 Å². The molecule has 0 saturated heterocycles. The highest BCUT2D eigenvalue weighted by molar-refractivity contribution is 8.00. The van der Waals surface area contributed by atoms with E-state index in [0.717, 1.165) is 31.2 Å². The van der Waals surface area contributed by atoms with Crippen molar-refractivity contribution in [2.75, 3.05) is 5.75 Å². The molecule has 0 spiro atoms. The summed E-state index contributed by atoms with van der Waals surface area (Å²) in [5, 5.41) is 1.65. The minimum atomic E-state index is -0.358. The monoisotopic (exact) mass is 434 g/mol. The molecule has 8 heteroatoms. The molecular weight excluding hydrogens is 416 g/mol. The lowest BCUT2D eigenvalue weighted by Crippen LogP contribution is -2.42. The van der Waals surface area contributed by atoms with E-state index in [1.807, 2.05) is 37.3 Å². The van der Waals surface area contributed by atoms with Crippen molar-refractivity contribution in [2.24, 2.45) is 0 Å². The number of aromatic nitrogens is 2. The first kappa shape index (κ1) is 20.1. The highest BCUT2D eigenvalue weighted by Gasteiger charge is 2.13. The summed E-state index contributed by atoms with van der Waals surface area (Å²) in [6.07, 6.45) is 1.51. The van der Waals surface area contributed by atoms with Crippen LogP contribution in [-0.4, -0.2) is 27.5 Å². The van der Waals surface area contributed by atoms with Gasteiger partial charge in [-0.2, -0.15) is 0 Å². The van der Waals surface area contributed by atoms with E-state index in [2.05, 4.69) is 39.0 Å². The molecule has 150 valence electrons. The summed E-state index contributed by atoms with van der Waals surface area (Å²) in [4.78, 5) is 34.9. The van der Waals surface area contributed by atoms with Gasteiger partial charge in [0.05, 0.1) is 5.75 Å². The third-order valence-electron chi connectivity index (χ3n) is 4.32. The average molecular weight is 435 g/mol. The Morgan fingerprint density at radius 1 is 1.00 bits per heavy atom. The molecule has 4 rings (SSSR count). The number of hydrogen-bond acceptors (Lipinski definition) is 6. The zero-order chi connectivity index (χ0) is 20.9. The maximum atomic E-state index is 12.2. The Kier molecular flexibility index (Phi) is 6.06. The van der Waals surface area contributed by atoms with E-state index in [9.17, 15) is 9.59 Å². The fourth-order valence-electron chi connectivity index (χ4n) is 2.77. The van der Waals surface area contributed by atoms with Gasteiger partial charge in [-0.3, -0.25) is 20.4 Å². The molecule has 30 heavy (non-hydrogen) atoms. The Labute approximate surface area is 181 Å². The molecule has 0 saturated carbocycles. The number of hydrogen-bond donors (Lipinski definition) is 2. The summed E-state index contributed by atoms with van der Waals surface area (Å²) in [6.45, 7) is 1.95. The molecule has 4 aromatic rings. The van der Waals surface area contributed by atoms with Crippen LogP contribution in [0.25, 0.3) is 20.7 Å². The van der Waals surface area contributed by atoms with Gasteiger partial charge in [-0.1, -0.05) is 59.8 Å². The third kappa shape index (κ3) is 4.67. The molecule has 0 unspecified atom stereocenters. The highest BCUT2D eigenvalue weighted by atomic mass is 32.2. The largest absolute Gasteiger partial charge is 0.272 e. The van der Waals surface area contributed by atoms with Gasteiger partial charge in [0.15, 0.2) is 0 Å². The summed E-state index contributed by atoms with van der Waals surface area (Å²) >= 11 is 2.90. The van der Waals surface area contributed by atoms with E-state index >= 15 is 0 Å². The van der Waals surface area contributed by atoms with E-state index in [4.69, 9.17) is 0 Å². The van der Waals surface area contributed by atoms with Crippen LogP contribution in [0, 0.1) is 6.92 Å². The lowest BCUT2D eigenvalue weighted by atomic mass is 10.1. The molecule has 2 aromatic heterocycles. The number of carbonyl (C=O) groups is 2. The van der Waals surface area contributed by atoms with Gasteiger partial charge >= 0.3 is 0 Å². The van der Waals surface area contributed by atoms with Crippen LogP contribution in [0.5, 0.6) is 0 Å². The number of thioether (sulfide) groups is 1. The van der Waals surface area contributed by atoms with Crippen molar-refractivity contribution in [1.29, 1.82) is 0 Å².